The van der Waals surface area contributed by atoms with Crippen molar-refractivity contribution in [2.45, 2.75) is 76.8 Å². The second-order valence-corrected chi connectivity index (χ2v) is 8.65. The van der Waals surface area contributed by atoms with E-state index in [9.17, 15) is 13.6 Å². The van der Waals surface area contributed by atoms with Crippen molar-refractivity contribution in [1.29, 1.82) is 0 Å². The number of halogens is 2. The quantitative estimate of drug-likeness (QED) is 0.871. The van der Waals surface area contributed by atoms with Crippen molar-refractivity contribution < 1.29 is 13.6 Å². The number of amides is 1. The minimum Gasteiger partial charge on any atom is -0.348 e. The van der Waals surface area contributed by atoms with Crippen LogP contribution in [0, 0.1) is 17.3 Å². The highest BCUT2D eigenvalue weighted by molar-refractivity contribution is 5.92. The van der Waals surface area contributed by atoms with Gasteiger partial charge in [-0.3, -0.25) is 9.48 Å². The van der Waals surface area contributed by atoms with E-state index in [2.05, 4.69) is 17.3 Å². The van der Waals surface area contributed by atoms with Crippen molar-refractivity contribution in [3.8, 4) is 0 Å². The number of hydrogen-bond donors (Lipinski definition) is 1. The Morgan fingerprint density at radius 1 is 1.36 bits per heavy atom. The van der Waals surface area contributed by atoms with E-state index in [1.165, 1.54) is 38.5 Å². The molecule has 4 nitrogen and oxygen atoms in total. The van der Waals surface area contributed by atoms with Gasteiger partial charge >= 0.3 is 0 Å². The summed E-state index contributed by atoms with van der Waals surface area (Å²) in [6.07, 6.45) is 9.09. The summed E-state index contributed by atoms with van der Waals surface area (Å²) in [5.41, 5.74) is 1.07. The summed E-state index contributed by atoms with van der Waals surface area (Å²) >= 11 is 0. The molecule has 25 heavy (non-hydrogen) atoms. The van der Waals surface area contributed by atoms with Crippen LogP contribution in [-0.4, -0.2) is 27.7 Å². The highest BCUT2D eigenvalue weighted by Crippen LogP contribution is 2.58. The third-order valence-corrected chi connectivity index (χ3v) is 6.56. The molecular formula is C19H27F2N3O. The molecule has 3 aliphatic rings. The van der Waals surface area contributed by atoms with E-state index in [0.717, 1.165) is 0 Å². The van der Waals surface area contributed by atoms with Gasteiger partial charge in [-0.15, -0.1) is 0 Å². The number of nitrogens with zero attached hydrogens (tertiary/aromatic N) is 2. The normalized spacial score (nSPS) is 28.4. The Morgan fingerprint density at radius 3 is 2.80 bits per heavy atom. The van der Waals surface area contributed by atoms with Crippen LogP contribution in [0.1, 0.15) is 68.8 Å². The lowest BCUT2D eigenvalue weighted by molar-refractivity contribution is -0.114. The van der Waals surface area contributed by atoms with E-state index in [4.69, 9.17) is 0 Å². The van der Waals surface area contributed by atoms with Crippen LogP contribution in [0.3, 0.4) is 0 Å². The largest absolute Gasteiger partial charge is 0.348 e. The van der Waals surface area contributed by atoms with E-state index in [-0.39, 0.29) is 30.7 Å². The van der Waals surface area contributed by atoms with Crippen molar-refractivity contribution >= 4 is 5.91 Å². The van der Waals surface area contributed by atoms with Gasteiger partial charge in [0.1, 0.15) is 5.69 Å². The van der Waals surface area contributed by atoms with Gasteiger partial charge in [-0.2, -0.15) is 5.10 Å². The Hall–Kier alpha value is -1.46. The molecule has 0 aliphatic heterocycles. The first kappa shape index (κ1) is 17.0. The van der Waals surface area contributed by atoms with Crippen LogP contribution in [0.25, 0.3) is 0 Å². The molecule has 138 valence electrons. The van der Waals surface area contributed by atoms with Crippen LogP contribution < -0.4 is 5.32 Å². The Labute approximate surface area is 147 Å². The number of rotatable bonds is 5. The molecule has 6 heteroatoms. The van der Waals surface area contributed by atoms with Gasteiger partial charge < -0.3 is 5.32 Å². The maximum Gasteiger partial charge on any atom is 0.269 e. The van der Waals surface area contributed by atoms with E-state index < -0.39 is 5.92 Å². The second-order valence-electron chi connectivity index (χ2n) is 8.65. The predicted octanol–water partition coefficient (Wildman–Crippen LogP) is 4.02. The van der Waals surface area contributed by atoms with Crippen LogP contribution >= 0.6 is 0 Å². The van der Waals surface area contributed by atoms with Crippen molar-refractivity contribution in [2.75, 3.05) is 0 Å². The standard InChI is InChI=1S/C19H27F2N3O/c1-13(15-3-2-5-18(11-15)6-7-18)23-17(25)16-4-8-22-24(16)12-14-9-19(20,21)10-14/h4,8,13-15H,2-3,5-7,9-12H2,1H3,(H,23,25). The summed E-state index contributed by atoms with van der Waals surface area (Å²) < 4.78 is 27.6. The molecule has 1 aromatic rings. The molecule has 1 amide bonds. The summed E-state index contributed by atoms with van der Waals surface area (Å²) in [7, 11) is 0. The number of carbonyl (C=O) groups is 1. The molecule has 1 N–H and O–H groups in total. The van der Waals surface area contributed by atoms with Crippen LogP contribution in [-0.2, 0) is 6.54 Å². The zero-order valence-corrected chi connectivity index (χ0v) is 14.8. The summed E-state index contributed by atoms with van der Waals surface area (Å²) in [4.78, 5) is 12.7. The minimum atomic E-state index is -2.53. The molecule has 3 fully saturated rings. The van der Waals surface area contributed by atoms with Gasteiger partial charge in [-0.1, -0.05) is 6.42 Å². The van der Waals surface area contributed by atoms with Gasteiger partial charge in [0, 0.05) is 31.6 Å². The fourth-order valence-corrected chi connectivity index (χ4v) is 4.79. The number of aromatic nitrogens is 2. The molecule has 1 aromatic heterocycles. The summed E-state index contributed by atoms with van der Waals surface area (Å²) in [5.74, 6) is -2.21. The van der Waals surface area contributed by atoms with E-state index in [0.29, 0.717) is 23.6 Å². The molecule has 3 saturated carbocycles. The van der Waals surface area contributed by atoms with Gasteiger partial charge in [-0.05, 0) is 62.3 Å². The van der Waals surface area contributed by atoms with Crippen molar-refractivity contribution in [3.63, 3.8) is 0 Å². The fraction of sp³-hybridized carbons (Fsp3) is 0.789. The average molecular weight is 351 g/mol. The monoisotopic (exact) mass is 351 g/mol. The molecule has 3 aliphatic carbocycles. The zero-order chi connectivity index (χ0) is 17.7. The summed E-state index contributed by atoms with van der Waals surface area (Å²) in [6, 6.07) is 1.82. The average Bonchev–Trinajstić information content (AvgIpc) is 3.09. The molecule has 2 atom stereocenters. The molecule has 4 rings (SSSR count). The lowest BCUT2D eigenvalue weighted by Crippen LogP contribution is -2.42. The molecule has 0 aromatic carbocycles. The van der Waals surface area contributed by atoms with Crippen LogP contribution in [0.2, 0.25) is 0 Å². The van der Waals surface area contributed by atoms with Gasteiger partial charge in [0.2, 0.25) is 5.92 Å². The number of hydrogen-bond acceptors (Lipinski definition) is 2. The van der Waals surface area contributed by atoms with Crippen molar-refractivity contribution in [1.82, 2.24) is 15.1 Å². The molecule has 0 bridgehead atoms. The van der Waals surface area contributed by atoms with Crippen LogP contribution in [0.4, 0.5) is 8.78 Å². The first-order valence-corrected chi connectivity index (χ1v) is 9.56. The Bertz CT molecular complexity index is 645. The van der Waals surface area contributed by atoms with Crippen LogP contribution in [0.15, 0.2) is 12.3 Å². The highest BCUT2D eigenvalue weighted by Gasteiger charge is 2.47. The third-order valence-electron chi connectivity index (χ3n) is 6.56. The smallest absolute Gasteiger partial charge is 0.269 e. The number of nitrogens with one attached hydrogen (secondary N) is 1. The first-order valence-electron chi connectivity index (χ1n) is 9.56. The zero-order valence-electron chi connectivity index (χ0n) is 14.8. The Kier molecular flexibility index (Phi) is 4.12. The maximum atomic E-state index is 13.0. The SMILES string of the molecule is CC(NC(=O)c1ccnn1CC1CC(F)(F)C1)C1CCCC2(CC2)C1. The lowest BCUT2D eigenvalue weighted by Gasteiger charge is -2.35. The number of alkyl halides is 2. The first-order chi connectivity index (χ1) is 11.9. The maximum absolute atomic E-state index is 13.0. The Morgan fingerprint density at radius 2 is 2.12 bits per heavy atom. The third kappa shape index (κ3) is 3.58. The lowest BCUT2D eigenvalue weighted by atomic mass is 9.76. The van der Waals surface area contributed by atoms with Gasteiger partial charge in [0.15, 0.2) is 0 Å². The number of carbonyl (C=O) groups excluding carboxylic acids is 1. The molecule has 2 unspecified atom stereocenters. The van der Waals surface area contributed by atoms with Gasteiger partial charge in [0.25, 0.3) is 5.91 Å². The van der Waals surface area contributed by atoms with Crippen molar-refractivity contribution in [2.24, 2.45) is 17.3 Å². The Balaban J connectivity index is 1.34. The molecule has 1 spiro atoms. The fourth-order valence-electron chi connectivity index (χ4n) is 4.79. The molecule has 0 radical (unpaired) electrons. The van der Waals surface area contributed by atoms with Gasteiger partial charge in [-0.25, -0.2) is 8.78 Å². The molecular weight excluding hydrogens is 324 g/mol. The second kappa shape index (κ2) is 6.06. The van der Waals surface area contributed by atoms with Crippen LogP contribution in [0.5, 0.6) is 0 Å². The van der Waals surface area contributed by atoms with Crippen molar-refractivity contribution in [3.05, 3.63) is 18.0 Å². The summed E-state index contributed by atoms with van der Waals surface area (Å²) in [5, 5.41) is 7.31. The van der Waals surface area contributed by atoms with Gasteiger partial charge in [0.05, 0.1) is 0 Å². The van der Waals surface area contributed by atoms with E-state index in [1.807, 2.05) is 0 Å². The summed E-state index contributed by atoms with van der Waals surface area (Å²) in [6.45, 7) is 2.49. The van der Waals surface area contributed by atoms with E-state index in [1.54, 1.807) is 16.9 Å². The molecule has 0 saturated heterocycles. The minimum absolute atomic E-state index is 0.0908. The topological polar surface area (TPSA) is 46.9 Å². The molecule has 1 heterocycles. The predicted molar refractivity (Wildman–Crippen MR) is 90.5 cm³/mol. The highest BCUT2D eigenvalue weighted by atomic mass is 19.3. The van der Waals surface area contributed by atoms with E-state index >= 15 is 0 Å².